The number of amides is 1. The highest BCUT2D eigenvalue weighted by atomic mass is 32.2. The SMILES string of the molecule is CC(C)NS(=O)(=O)c1ccc(NC(=O)c2cccc(OCc3ccccc3)c2)cc1. The Morgan fingerprint density at radius 2 is 1.63 bits per heavy atom. The van der Waals surface area contributed by atoms with Gasteiger partial charge in [-0.2, -0.15) is 0 Å². The summed E-state index contributed by atoms with van der Waals surface area (Å²) in [6.07, 6.45) is 0. The van der Waals surface area contributed by atoms with E-state index in [1.807, 2.05) is 30.3 Å². The molecule has 3 aromatic carbocycles. The van der Waals surface area contributed by atoms with Crippen LogP contribution in [-0.4, -0.2) is 20.4 Å². The van der Waals surface area contributed by atoms with Gasteiger partial charge in [0, 0.05) is 17.3 Å². The number of anilines is 1. The Balaban J connectivity index is 1.64. The van der Waals surface area contributed by atoms with Crippen LogP contribution in [0.25, 0.3) is 0 Å². The summed E-state index contributed by atoms with van der Waals surface area (Å²) in [5, 5.41) is 2.77. The maximum absolute atomic E-state index is 12.6. The van der Waals surface area contributed by atoms with E-state index in [1.165, 1.54) is 12.1 Å². The molecule has 0 aromatic heterocycles. The molecule has 0 atom stereocenters. The lowest BCUT2D eigenvalue weighted by Gasteiger charge is -2.11. The first-order valence-electron chi connectivity index (χ1n) is 9.54. The average Bonchev–Trinajstić information content (AvgIpc) is 2.73. The molecule has 3 rings (SSSR count). The first kappa shape index (κ1) is 21.5. The predicted octanol–water partition coefficient (Wildman–Crippen LogP) is 4.20. The number of sulfonamides is 1. The summed E-state index contributed by atoms with van der Waals surface area (Å²) >= 11 is 0. The molecule has 30 heavy (non-hydrogen) atoms. The maximum Gasteiger partial charge on any atom is 0.255 e. The summed E-state index contributed by atoms with van der Waals surface area (Å²) in [6.45, 7) is 3.92. The normalized spacial score (nSPS) is 11.3. The van der Waals surface area contributed by atoms with Crippen LogP contribution >= 0.6 is 0 Å². The van der Waals surface area contributed by atoms with Crippen LogP contribution in [0.15, 0.2) is 83.8 Å². The van der Waals surface area contributed by atoms with E-state index in [9.17, 15) is 13.2 Å². The second kappa shape index (κ2) is 9.56. The fourth-order valence-corrected chi connectivity index (χ4v) is 4.02. The van der Waals surface area contributed by atoms with Gasteiger partial charge in [0.2, 0.25) is 10.0 Å². The smallest absolute Gasteiger partial charge is 0.255 e. The molecule has 0 fully saturated rings. The first-order valence-corrected chi connectivity index (χ1v) is 11.0. The van der Waals surface area contributed by atoms with E-state index in [4.69, 9.17) is 4.74 Å². The van der Waals surface area contributed by atoms with Crippen molar-refractivity contribution >= 4 is 21.6 Å². The number of hydrogen-bond donors (Lipinski definition) is 2. The van der Waals surface area contributed by atoms with Crippen molar-refractivity contribution in [1.82, 2.24) is 4.72 Å². The topological polar surface area (TPSA) is 84.5 Å². The van der Waals surface area contributed by atoms with Gasteiger partial charge in [-0.05, 0) is 61.9 Å². The fourth-order valence-electron chi connectivity index (χ4n) is 2.77. The largest absolute Gasteiger partial charge is 0.489 e. The summed E-state index contributed by atoms with van der Waals surface area (Å²) < 4.78 is 32.7. The van der Waals surface area contributed by atoms with Crippen molar-refractivity contribution in [3.63, 3.8) is 0 Å². The van der Waals surface area contributed by atoms with E-state index >= 15 is 0 Å². The zero-order valence-electron chi connectivity index (χ0n) is 16.8. The van der Waals surface area contributed by atoms with Gasteiger partial charge in [-0.3, -0.25) is 4.79 Å². The minimum Gasteiger partial charge on any atom is -0.489 e. The van der Waals surface area contributed by atoms with Crippen LogP contribution in [0, 0.1) is 0 Å². The van der Waals surface area contributed by atoms with Crippen LogP contribution in [0.5, 0.6) is 5.75 Å². The van der Waals surface area contributed by atoms with Gasteiger partial charge in [-0.1, -0.05) is 36.4 Å². The second-order valence-electron chi connectivity index (χ2n) is 7.06. The highest BCUT2D eigenvalue weighted by molar-refractivity contribution is 7.89. The highest BCUT2D eigenvalue weighted by Gasteiger charge is 2.15. The van der Waals surface area contributed by atoms with E-state index in [0.29, 0.717) is 23.6 Å². The zero-order chi connectivity index (χ0) is 21.6. The molecule has 7 heteroatoms. The lowest BCUT2D eigenvalue weighted by atomic mass is 10.2. The van der Waals surface area contributed by atoms with E-state index in [2.05, 4.69) is 10.0 Å². The van der Waals surface area contributed by atoms with Crippen LogP contribution in [0.2, 0.25) is 0 Å². The minimum absolute atomic E-state index is 0.144. The third kappa shape index (κ3) is 5.92. The third-order valence-electron chi connectivity index (χ3n) is 4.16. The van der Waals surface area contributed by atoms with Crippen LogP contribution < -0.4 is 14.8 Å². The molecule has 0 bridgehead atoms. The van der Waals surface area contributed by atoms with Crippen LogP contribution in [0.1, 0.15) is 29.8 Å². The fraction of sp³-hybridized carbons (Fsp3) is 0.174. The summed E-state index contributed by atoms with van der Waals surface area (Å²) in [6, 6.07) is 22.5. The molecule has 6 nitrogen and oxygen atoms in total. The highest BCUT2D eigenvalue weighted by Crippen LogP contribution is 2.18. The van der Waals surface area contributed by atoms with Crippen molar-refractivity contribution in [2.45, 2.75) is 31.4 Å². The van der Waals surface area contributed by atoms with Gasteiger partial charge in [-0.25, -0.2) is 13.1 Å². The Hall–Kier alpha value is -3.16. The van der Waals surface area contributed by atoms with Crippen molar-refractivity contribution in [2.75, 3.05) is 5.32 Å². The number of nitrogens with one attached hydrogen (secondary N) is 2. The molecular weight excluding hydrogens is 400 g/mol. The molecule has 0 unspecified atom stereocenters. The van der Waals surface area contributed by atoms with E-state index in [-0.39, 0.29) is 16.8 Å². The van der Waals surface area contributed by atoms with Gasteiger partial charge in [-0.15, -0.1) is 0 Å². The van der Waals surface area contributed by atoms with E-state index in [1.54, 1.807) is 50.2 Å². The lowest BCUT2D eigenvalue weighted by molar-refractivity contribution is 0.102. The van der Waals surface area contributed by atoms with Crippen molar-refractivity contribution in [1.29, 1.82) is 0 Å². The zero-order valence-corrected chi connectivity index (χ0v) is 17.6. The summed E-state index contributed by atoms with van der Waals surface area (Å²) in [5.41, 5.74) is 1.98. The number of rotatable bonds is 8. The van der Waals surface area contributed by atoms with Gasteiger partial charge >= 0.3 is 0 Å². The van der Waals surface area contributed by atoms with E-state index in [0.717, 1.165) is 5.56 Å². The van der Waals surface area contributed by atoms with Gasteiger partial charge in [0.05, 0.1) is 4.90 Å². The Bertz CT molecular complexity index is 1100. The Kier molecular flexibility index (Phi) is 6.87. The molecule has 0 saturated carbocycles. The molecule has 0 aliphatic carbocycles. The quantitative estimate of drug-likeness (QED) is 0.567. The lowest BCUT2D eigenvalue weighted by Crippen LogP contribution is -2.30. The van der Waals surface area contributed by atoms with Crippen molar-refractivity contribution in [3.05, 3.63) is 90.0 Å². The molecule has 0 saturated heterocycles. The third-order valence-corrected chi connectivity index (χ3v) is 5.83. The number of carbonyl (C=O) groups is 1. The maximum atomic E-state index is 12.6. The predicted molar refractivity (Wildman–Crippen MR) is 117 cm³/mol. The molecular formula is C23H24N2O4S. The molecule has 156 valence electrons. The number of hydrogen-bond acceptors (Lipinski definition) is 4. The molecule has 1 amide bonds. The monoisotopic (exact) mass is 424 g/mol. The van der Waals surface area contributed by atoms with Gasteiger partial charge in [0.25, 0.3) is 5.91 Å². The first-order chi connectivity index (χ1) is 14.3. The van der Waals surface area contributed by atoms with Crippen molar-refractivity contribution in [2.24, 2.45) is 0 Å². The number of carbonyl (C=O) groups excluding carboxylic acids is 1. The number of benzene rings is 3. The summed E-state index contributed by atoms with van der Waals surface area (Å²) in [4.78, 5) is 12.7. The minimum atomic E-state index is -3.57. The summed E-state index contributed by atoms with van der Waals surface area (Å²) in [5.74, 6) is 0.281. The molecule has 0 aliphatic heterocycles. The number of ether oxygens (including phenoxy) is 1. The van der Waals surface area contributed by atoms with Gasteiger partial charge in [0.1, 0.15) is 12.4 Å². The molecule has 0 heterocycles. The van der Waals surface area contributed by atoms with Gasteiger partial charge in [0.15, 0.2) is 0 Å². The van der Waals surface area contributed by atoms with Crippen LogP contribution in [0.3, 0.4) is 0 Å². The molecule has 0 radical (unpaired) electrons. The molecule has 0 aliphatic rings. The van der Waals surface area contributed by atoms with E-state index < -0.39 is 10.0 Å². The average molecular weight is 425 g/mol. The summed E-state index contributed by atoms with van der Waals surface area (Å²) in [7, 11) is -3.57. The van der Waals surface area contributed by atoms with Crippen molar-refractivity contribution in [3.8, 4) is 5.75 Å². The second-order valence-corrected chi connectivity index (χ2v) is 8.77. The molecule has 0 spiro atoms. The Morgan fingerprint density at radius 1 is 0.933 bits per heavy atom. The standard InChI is InChI=1S/C23H24N2O4S/c1-17(2)25-30(27,28)22-13-11-20(12-14-22)24-23(26)19-9-6-10-21(15-19)29-16-18-7-4-3-5-8-18/h3-15,17,25H,16H2,1-2H3,(H,24,26). The van der Waals surface area contributed by atoms with Crippen LogP contribution in [-0.2, 0) is 16.6 Å². The Labute approximate surface area is 177 Å². The Morgan fingerprint density at radius 3 is 2.30 bits per heavy atom. The van der Waals surface area contributed by atoms with Crippen LogP contribution in [0.4, 0.5) is 5.69 Å². The van der Waals surface area contributed by atoms with Gasteiger partial charge < -0.3 is 10.1 Å². The molecule has 2 N–H and O–H groups in total. The van der Waals surface area contributed by atoms with Crippen molar-refractivity contribution < 1.29 is 17.9 Å². The molecule has 3 aromatic rings.